The van der Waals surface area contributed by atoms with Gasteiger partial charge in [-0.1, -0.05) is 47.1 Å². The quantitative estimate of drug-likeness (QED) is 0.456. The van der Waals surface area contributed by atoms with Crippen LogP contribution in [0.1, 0.15) is 12.7 Å². The van der Waals surface area contributed by atoms with Crippen molar-refractivity contribution in [2.24, 2.45) is 0 Å². The Morgan fingerprint density at radius 2 is 1.84 bits per heavy atom. The zero-order chi connectivity index (χ0) is 22.4. The summed E-state index contributed by atoms with van der Waals surface area (Å²) in [4.78, 5) is 24.5. The van der Waals surface area contributed by atoms with Gasteiger partial charge in [-0.3, -0.25) is 9.59 Å². The van der Waals surface area contributed by atoms with E-state index in [2.05, 4.69) is 20.8 Å². The van der Waals surface area contributed by atoms with Crippen LogP contribution in [0.3, 0.4) is 0 Å². The zero-order valence-electron chi connectivity index (χ0n) is 16.4. The molecule has 0 unspecified atom stereocenters. The van der Waals surface area contributed by atoms with Gasteiger partial charge in [-0.2, -0.15) is 0 Å². The van der Waals surface area contributed by atoms with Crippen LogP contribution in [0.2, 0.25) is 10.0 Å². The van der Waals surface area contributed by atoms with Gasteiger partial charge in [0.2, 0.25) is 11.8 Å². The molecule has 0 aliphatic heterocycles. The molecule has 0 bridgehead atoms. The molecule has 0 aliphatic carbocycles. The maximum absolute atomic E-state index is 13.7. The van der Waals surface area contributed by atoms with Crippen molar-refractivity contribution >= 4 is 58.2 Å². The average molecular weight is 482 g/mol. The summed E-state index contributed by atoms with van der Waals surface area (Å²) in [6.45, 7) is 2.38. The standard InChI is InChI=1S/C20H18Cl2FN5O2S/c1-2-28-17(10-18(29)25-16-6-4-3-5-15(16)23)26-27-20(28)31-11-19(30)24-12-7-8-13(21)14(22)9-12/h3-9H,2,10-11H2,1H3,(H,24,30)(H,25,29). The van der Waals surface area contributed by atoms with E-state index in [0.29, 0.717) is 33.3 Å². The lowest BCUT2D eigenvalue weighted by molar-refractivity contribution is -0.116. The Morgan fingerprint density at radius 1 is 1.06 bits per heavy atom. The number of hydrogen-bond acceptors (Lipinski definition) is 5. The number of halogens is 3. The lowest BCUT2D eigenvalue weighted by atomic mass is 10.3. The third-order valence-corrected chi connectivity index (χ3v) is 5.82. The summed E-state index contributed by atoms with van der Waals surface area (Å²) in [5.74, 6) is -0.686. The van der Waals surface area contributed by atoms with Gasteiger partial charge in [-0.25, -0.2) is 4.39 Å². The summed E-state index contributed by atoms with van der Waals surface area (Å²) in [5, 5.41) is 14.6. The highest BCUT2D eigenvalue weighted by Gasteiger charge is 2.17. The molecule has 1 heterocycles. The van der Waals surface area contributed by atoms with Crippen molar-refractivity contribution in [1.29, 1.82) is 0 Å². The number of amides is 2. The second-order valence-electron chi connectivity index (χ2n) is 6.31. The molecule has 2 amide bonds. The van der Waals surface area contributed by atoms with Crippen LogP contribution < -0.4 is 10.6 Å². The second kappa shape index (κ2) is 10.6. The Morgan fingerprint density at radius 3 is 2.55 bits per heavy atom. The number of carbonyl (C=O) groups excluding carboxylic acids is 2. The molecule has 0 saturated carbocycles. The van der Waals surface area contributed by atoms with Gasteiger partial charge in [0.05, 0.1) is 27.9 Å². The number of nitrogens with zero attached hydrogens (tertiary/aromatic N) is 3. The maximum atomic E-state index is 13.7. The van der Waals surface area contributed by atoms with Gasteiger partial charge in [0, 0.05) is 12.2 Å². The van der Waals surface area contributed by atoms with E-state index in [1.807, 2.05) is 6.92 Å². The highest BCUT2D eigenvalue weighted by atomic mass is 35.5. The van der Waals surface area contributed by atoms with Crippen molar-refractivity contribution in [3.63, 3.8) is 0 Å². The van der Waals surface area contributed by atoms with E-state index in [0.717, 1.165) is 0 Å². The predicted octanol–water partition coefficient (Wildman–Crippen LogP) is 4.66. The van der Waals surface area contributed by atoms with E-state index in [1.54, 1.807) is 34.9 Å². The van der Waals surface area contributed by atoms with Crippen molar-refractivity contribution in [3.05, 3.63) is 64.2 Å². The van der Waals surface area contributed by atoms with Gasteiger partial charge in [0.25, 0.3) is 0 Å². The summed E-state index contributed by atoms with van der Waals surface area (Å²) >= 11 is 13.0. The first-order valence-electron chi connectivity index (χ1n) is 9.21. The minimum absolute atomic E-state index is 0.0782. The molecule has 0 spiro atoms. The van der Waals surface area contributed by atoms with Crippen LogP contribution in [0.15, 0.2) is 47.6 Å². The third kappa shape index (κ3) is 6.19. The highest BCUT2D eigenvalue weighted by Crippen LogP contribution is 2.25. The Bertz CT molecular complexity index is 1110. The van der Waals surface area contributed by atoms with Crippen LogP contribution in [0.25, 0.3) is 0 Å². The highest BCUT2D eigenvalue weighted by molar-refractivity contribution is 7.99. The Balaban J connectivity index is 1.59. The molecule has 0 radical (unpaired) electrons. The Labute approximate surface area is 192 Å². The fourth-order valence-corrected chi connectivity index (χ4v) is 3.80. The Kier molecular flexibility index (Phi) is 7.89. The van der Waals surface area contributed by atoms with Crippen LogP contribution in [0.5, 0.6) is 0 Å². The first-order chi connectivity index (χ1) is 14.9. The molecule has 0 aliphatic rings. The second-order valence-corrected chi connectivity index (χ2v) is 8.07. The smallest absolute Gasteiger partial charge is 0.234 e. The number of thioether (sulfide) groups is 1. The van der Waals surface area contributed by atoms with E-state index in [-0.39, 0.29) is 23.8 Å². The van der Waals surface area contributed by atoms with Gasteiger partial charge in [-0.15, -0.1) is 10.2 Å². The van der Waals surface area contributed by atoms with E-state index >= 15 is 0 Å². The molecule has 2 aromatic carbocycles. The molecule has 11 heteroatoms. The SMILES string of the molecule is CCn1c(CC(=O)Nc2ccccc2F)nnc1SCC(=O)Nc1ccc(Cl)c(Cl)c1. The van der Waals surface area contributed by atoms with Crippen LogP contribution in [0, 0.1) is 5.82 Å². The summed E-state index contributed by atoms with van der Waals surface area (Å²) in [7, 11) is 0. The Hall–Kier alpha value is -2.62. The normalized spacial score (nSPS) is 10.7. The molecule has 3 aromatic rings. The molecule has 31 heavy (non-hydrogen) atoms. The molecule has 3 rings (SSSR count). The minimum Gasteiger partial charge on any atom is -0.325 e. The number of anilines is 2. The number of para-hydroxylation sites is 1. The molecule has 0 atom stereocenters. The average Bonchev–Trinajstić information content (AvgIpc) is 3.12. The monoisotopic (exact) mass is 481 g/mol. The topological polar surface area (TPSA) is 88.9 Å². The lowest BCUT2D eigenvalue weighted by Gasteiger charge is -2.09. The van der Waals surface area contributed by atoms with Gasteiger partial charge >= 0.3 is 0 Å². The fourth-order valence-electron chi connectivity index (χ4n) is 2.68. The first-order valence-corrected chi connectivity index (χ1v) is 11.0. The molecule has 2 N–H and O–H groups in total. The summed E-state index contributed by atoms with van der Waals surface area (Å²) in [6.07, 6.45) is -0.0782. The molecule has 7 nitrogen and oxygen atoms in total. The zero-order valence-corrected chi connectivity index (χ0v) is 18.7. The molecule has 1 aromatic heterocycles. The molecule has 162 valence electrons. The van der Waals surface area contributed by atoms with Crippen molar-refractivity contribution in [2.45, 2.75) is 25.0 Å². The van der Waals surface area contributed by atoms with Crippen LogP contribution in [-0.2, 0) is 22.6 Å². The minimum atomic E-state index is -0.517. The van der Waals surface area contributed by atoms with Gasteiger partial charge < -0.3 is 15.2 Å². The van der Waals surface area contributed by atoms with Crippen molar-refractivity contribution in [3.8, 4) is 0 Å². The number of carbonyl (C=O) groups is 2. The van der Waals surface area contributed by atoms with E-state index in [4.69, 9.17) is 23.2 Å². The number of nitrogens with one attached hydrogen (secondary N) is 2. The maximum Gasteiger partial charge on any atom is 0.234 e. The molecule has 0 fully saturated rings. The number of rotatable bonds is 8. The number of benzene rings is 2. The van der Waals surface area contributed by atoms with Crippen LogP contribution in [0.4, 0.5) is 15.8 Å². The van der Waals surface area contributed by atoms with Crippen LogP contribution in [-0.4, -0.2) is 32.3 Å². The predicted molar refractivity (Wildman–Crippen MR) is 120 cm³/mol. The van der Waals surface area contributed by atoms with Crippen LogP contribution >= 0.6 is 35.0 Å². The third-order valence-electron chi connectivity index (χ3n) is 4.11. The largest absolute Gasteiger partial charge is 0.325 e. The van der Waals surface area contributed by atoms with Gasteiger partial charge in [-0.05, 0) is 37.3 Å². The summed E-state index contributed by atoms with van der Waals surface area (Å²) < 4.78 is 15.4. The lowest BCUT2D eigenvalue weighted by Crippen LogP contribution is -2.18. The number of aromatic nitrogens is 3. The number of hydrogen-bond donors (Lipinski definition) is 2. The van der Waals surface area contributed by atoms with E-state index in [1.165, 1.54) is 23.9 Å². The van der Waals surface area contributed by atoms with E-state index < -0.39 is 11.7 Å². The fraction of sp³-hybridized carbons (Fsp3) is 0.200. The first kappa shape index (κ1) is 23.1. The molecular formula is C20H18Cl2FN5O2S. The van der Waals surface area contributed by atoms with Gasteiger partial charge in [0.15, 0.2) is 5.16 Å². The van der Waals surface area contributed by atoms with E-state index in [9.17, 15) is 14.0 Å². The van der Waals surface area contributed by atoms with Crippen molar-refractivity contribution in [1.82, 2.24) is 14.8 Å². The molecular weight excluding hydrogens is 464 g/mol. The van der Waals surface area contributed by atoms with Gasteiger partial charge in [0.1, 0.15) is 11.6 Å². The summed E-state index contributed by atoms with van der Waals surface area (Å²) in [5.41, 5.74) is 0.631. The summed E-state index contributed by atoms with van der Waals surface area (Å²) in [6, 6.07) is 10.7. The van der Waals surface area contributed by atoms with Crippen molar-refractivity contribution < 1.29 is 14.0 Å². The molecule has 0 saturated heterocycles. The van der Waals surface area contributed by atoms with Crippen molar-refractivity contribution in [2.75, 3.05) is 16.4 Å².